The van der Waals surface area contributed by atoms with Crippen LogP contribution in [0.1, 0.15) is 42.5 Å². The van der Waals surface area contributed by atoms with Crippen LogP contribution in [0.2, 0.25) is 0 Å². The van der Waals surface area contributed by atoms with E-state index >= 15 is 0 Å². The van der Waals surface area contributed by atoms with Crippen molar-refractivity contribution in [2.45, 2.75) is 61.8 Å². The van der Waals surface area contributed by atoms with Crippen molar-refractivity contribution >= 4 is 11.7 Å². The number of benzene rings is 1. The van der Waals surface area contributed by atoms with Crippen LogP contribution in [0.3, 0.4) is 0 Å². The molecule has 170 valence electrons. The van der Waals surface area contributed by atoms with Crippen molar-refractivity contribution < 1.29 is 41.0 Å². The summed E-state index contributed by atoms with van der Waals surface area (Å²) >= 11 is 0. The molecule has 1 aromatic carbocycles. The topological polar surface area (TPSA) is 76.7 Å². The van der Waals surface area contributed by atoms with Crippen molar-refractivity contribution in [1.82, 2.24) is 10.6 Å². The van der Waals surface area contributed by atoms with Crippen molar-refractivity contribution in [1.29, 1.82) is 0 Å². The van der Waals surface area contributed by atoms with Crippen LogP contribution >= 0.6 is 0 Å². The van der Waals surface area contributed by atoms with Gasteiger partial charge >= 0.3 is 6.36 Å². The first-order valence-electron chi connectivity index (χ1n) is 9.87. The fraction of sp³-hybridized carbons (Fsp3) is 0.600. The van der Waals surface area contributed by atoms with Gasteiger partial charge in [-0.3, -0.25) is 14.3 Å². The van der Waals surface area contributed by atoms with Gasteiger partial charge in [0.15, 0.2) is 5.78 Å². The second kappa shape index (κ2) is 7.79. The fourth-order valence-corrected chi connectivity index (χ4v) is 4.65. The third kappa shape index (κ3) is 4.88. The van der Waals surface area contributed by atoms with E-state index in [1.165, 1.54) is 0 Å². The van der Waals surface area contributed by atoms with Crippen LogP contribution in [0.4, 0.5) is 22.0 Å². The lowest BCUT2D eigenvalue weighted by molar-refractivity contribution is -0.357. The molecule has 2 N–H and O–H groups in total. The molecule has 4 fully saturated rings. The third-order valence-corrected chi connectivity index (χ3v) is 6.09. The van der Waals surface area contributed by atoms with Crippen molar-refractivity contribution in [2.75, 3.05) is 13.2 Å². The quantitative estimate of drug-likeness (QED) is 0.449. The monoisotopic (exact) mass is 448 g/mol. The number of Topliss-reactive ketones (excluding diaryl/α,β-unsaturated/α-hetero) is 1. The van der Waals surface area contributed by atoms with Crippen molar-refractivity contribution in [3.8, 4) is 0 Å². The van der Waals surface area contributed by atoms with Gasteiger partial charge < -0.3 is 15.4 Å². The highest BCUT2D eigenvalue weighted by atomic mass is 19.4. The molecule has 4 aliphatic carbocycles. The van der Waals surface area contributed by atoms with Crippen LogP contribution in [-0.4, -0.2) is 54.5 Å². The zero-order valence-electron chi connectivity index (χ0n) is 16.4. The first-order chi connectivity index (χ1) is 14.5. The molecule has 0 unspecified atom stereocenters. The van der Waals surface area contributed by atoms with Crippen LogP contribution in [0.15, 0.2) is 18.2 Å². The minimum atomic E-state index is -4.67. The first-order valence-corrected chi connectivity index (χ1v) is 9.87. The van der Waals surface area contributed by atoms with E-state index in [2.05, 4.69) is 15.4 Å². The molecule has 0 spiro atoms. The number of carbonyl (C=O) groups excluding carboxylic acids is 2. The normalized spacial score (nSPS) is 31.3. The Kier molecular flexibility index (Phi) is 5.55. The number of halogens is 5. The van der Waals surface area contributed by atoms with Gasteiger partial charge in [-0.15, -0.1) is 13.2 Å². The SMILES string of the molecule is O=C(COC1CC(OC(F)(F)F)C1)NC12CC(NCC(=O)c3ccc(F)cc3F)(C1)C2. The Bertz CT molecular complexity index is 865. The molecule has 31 heavy (non-hydrogen) atoms. The van der Waals surface area contributed by atoms with Gasteiger partial charge in [-0.1, -0.05) is 0 Å². The molecule has 2 bridgehead atoms. The summed E-state index contributed by atoms with van der Waals surface area (Å²) < 4.78 is 72.0. The Morgan fingerprint density at radius 3 is 2.35 bits per heavy atom. The molecule has 1 aromatic rings. The number of amides is 1. The van der Waals surface area contributed by atoms with Crippen LogP contribution in [0.5, 0.6) is 0 Å². The maximum Gasteiger partial charge on any atom is 0.522 e. The van der Waals surface area contributed by atoms with Crippen LogP contribution in [0.25, 0.3) is 0 Å². The number of ketones is 1. The van der Waals surface area contributed by atoms with Crippen molar-refractivity contribution in [2.24, 2.45) is 0 Å². The average Bonchev–Trinajstić information content (AvgIpc) is 2.56. The highest BCUT2D eigenvalue weighted by molar-refractivity contribution is 5.98. The Morgan fingerprint density at radius 1 is 1.06 bits per heavy atom. The molecule has 11 heteroatoms. The van der Waals surface area contributed by atoms with E-state index in [9.17, 15) is 31.5 Å². The molecular weight excluding hydrogens is 427 g/mol. The number of rotatable bonds is 9. The Hall–Kier alpha value is -2.11. The Morgan fingerprint density at radius 2 is 1.74 bits per heavy atom. The summed E-state index contributed by atoms with van der Waals surface area (Å²) in [6, 6.07) is 2.79. The third-order valence-electron chi connectivity index (χ3n) is 6.09. The number of ether oxygens (including phenoxy) is 2. The Balaban J connectivity index is 1.12. The lowest BCUT2D eigenvalue weighted by Gasteiger charge is -2.70. The van der Waals surface area contributed by atoms with Crippen molar-refractivity contribution in [3.63, 3.8) is 0 Å². The lowest BCUT2D eigenvalue weighted by Crippen LogP contribution is -2.83. The minimum Gasteiger partial charge on any atom is -0.368 e. The van der Waals surface area contributed by atoms with Gasteiger partial charge in [-0.2, -0.15) is 0 Å². The highest BCUT2D eigenvalue weighted by Crippen LogP contribution is 2.60. The maximum absolute atomic E-state index is 13.7. The van der Waals surface area contributed by atoms with Crippen LogP contribution in [-0.2, 0) is 14.3 Å². The smallest absolute Gasteiger partial charge is 0.368 e. The zero-order chi connectivity index (χ0) is 22.4. The van der Waals surface area contributed by atoms with Crippen LogP contribution in [0, 0.1) is 11.6 Å². The van der Waals surface area contributed by atoms with E-state index in [1.807, 2.05) is 0 Å². The predicted molar refractivity (Wildman–Crippen MR) is 96.0 cm³/mol. The molecule has 0 aromatic heterocycles. The van der Waals surface area contributed by atoms with Gasteiger partial charge in [-0.25, -0.2) is 8.78 Å². The molecule has 0 atom stereocenters. The van der Waals surface area contributed by atoms with Gasteiger partial charge in [0.2, 0.25) is 5.91 Å². The zero-order valence-corrected chi connectivity index (χ0v) is 16.4. The number of nitrogens with one attached hydrogen (secondary N) is 2. The molecular formula is C20H21F5N2O4. The molecule has 0 aliphatic heterocycles. The van der Waals surface area contributed by atoms with E-state index in [-0.39, 0.29) is 48.5 Å². The standard InChI is InChI=1S/C20H21F5N2O4/c21-11-1-2-14(15(22)3-11)16(28)6-26-18-8-19(9-18,10-18)27-17(29)7-30-12-4-13(5-12)31-20(23,24)25/h1-3,12-13,26H,4-10H2,(H,27,29). The fourth-order valence-electron chi connectivity index (χ4n) is 4.65. The Labute approximate surface area is 174 Å². The molecule has 0 heterocycles. The van der Waals surface area contributed by atoms with Crippen molar-refractivity contribution in [3.05, 3.63) is 35.4 Å². The predicted octanol–water partition coefficient (Wildman–Crippen LogP) is 2.61. The van der Waals surface area contributed by atoms with E-state index in [4.69, 9.17) is 4.74 Å². The van der Waals surface area contributed by atoms with Crippen LogP contribution < -0.4 is 10.6 Å². The summed E-state index contributed by atoms with van der Waals surface area (Å²) in [5.41, 5.74) is -0.852. The van der Waals surface area contributed by atoms with Gasteiger partial charge in [0, 0.05) is 30.0 Å². The molecule has 5 rings (SSSR count). The highest BCUT2D eigenvalue weighted by Gasteiger charge is 2.68. The maximum atomic E-state index is 13.7. The summed E-state index contributed by atoms with van der Waals surface area (Å²) in [6.07, 6.45) is -4.03. The number of alkyl halides is 3. The molecule has 0 saturated heterocycles. The molecule has 1 amide bonds. The first kappa shape index (κ1) is 22.1. The van der Waals surface area contributed by atoms with Gasteiger partial charge in [0.1, 0.15) is 18.2 Å². The average molecular weight is 448 g/mol. The van der Waals surface area contributed by atoms with Gasteiger partial charge in [-0.05, 0) is 31.4 Å². The molecule has 0 radical (unpaired) electrons. The molecule has 6 nitrogen and oxygen atoms in total. The summed E-state index contributed by atoms with van der Waals surface area (Å²) in [5, 5.41) is 5.96. The second-order valence-electron chi connectivity index (χ2n) is 8.63. The minimum absolute atomic E-state index is 0.0909. The van der Waals surface area contributed by atoms with Gasteiger partial charge in [0.25, 0.3) is 0 Å². The molecule has 4 aliphatic rings. The van der Waals surface area contributed by atoms with Gasteiger partial charge in [0.05, 0.1) is 24.3 Å². The summed E-state index contributed by atoms with van der Waals surface area (Å²) in [7, 11) is 0. The summed E-state index contributed by atoms with van der Waals surface area (Å²) in [5.74, 6) is -2.49. The number of hydrogen-bond acceptors (Lipinski definition) is 5. The molecule has 4 saturated carbocycles. The lowest BCUT2D eigenvalue weighted by atomic mass is 9.44. The summed E-state index contributed by atoms with van der Waals surface area (Å²) in [6.45, 7) is -0.341. The van der Waals surface area contributed by atoms with E-state index in [0.29, 0.717) is 25.3 Å². The number of hydrogen-bond donors (Lipinski definition) is 2. The van der Waals surface area contributed by atoms with E-state index in [0.717, 1.165) is 12.1 Å². The second-order valence-corrected chi connectivity index (χ2v) is 8.63. The van der Waals surface area contributed by atoms with E-state index < -0.39 is 36.0 Å². The number of carbonyl (C=O) groups is 2. The van der Waals surface area contributed by atoms with E-state index in [1.54, 1.807) is 0 Å². The largest absolute Gasteiger partial charge is 0.522 e. The summed E-state index contributed by atoms with van der Waals surface area (Å²) in [4.78, 5) is 24.2.